The van der Waals surface area contributed by atoms with E-state index in [1.165, 1.54) is 25.7 Å². The molecule has 1 aliphatic carbocycles. The third-order valence-corrected chi connectivity index (χ3v) is 3.27. The summed E-state index contributed by atoms with van der Waals surface area (Å²) in [5, 5.41) is 7.99. The number of hydrogen-bond acceptors (Lipinski definition) is 2. The van der Waals surface area contributed by atoms with Gasteiger partial charge in [0.1, 0.15) is 0 Å². The molecule has 0 spiro atoms. The lowest BCUT2D eigenvalue weighted by molar-refractivity contribution is 0.461. The van der Waals surface area contributed by atoms with E-state index in [0.29, 0.717) is 6.04 Å². The Balaban J connectivity index is 1.75. The third-order valence-electron chi connectivity index (χ3n) is 3.27. The highest BCUT2D eigenvalue weighted by atomic mass is 15.3. The predicted molar refractivity (Wildman–Crippen MR) is 69.5 cm³/mol. The summed E-state index contributed by atoms with van der Waals surface area (Å²) >= 11 is 0. The zero-order valence-corrected chi connectivity index (χ0v) is 10.6. The van der Waals surface area contributed by atoms with Gasteiger partial charge in [-0.15, -0.1) is 11.8 Å². The Labute approximate surface area is 104 Å². The fraction of sp³-hybridized carbons (Fsp3) is 0.643. The highest BCUT2D eigenvalue weighted by Crippen LogP contribution is 2.28. The Morgan fingerprint density at radius 1 is 1.47 bits per heavy atom. The Morgan fingerprint density at radius 2 is 2.29 bits per heavy atom. The van der Waals surface area contributed by atoms with Crippen molar-refractivity contribution in [3.8, 4) is 11.8 Å². The standard InChI is InChI=1S/C14H21N3/c1-2-3-6-10-15-12-13-9-11-17(16-13)14-7-4-5-8-14/h9,11,14-15H,4-8,10,12H2,1H3. The van der Waals surface area contributed by atoms with Crippen molar-refractivity contribution >= 4 is 0 Å². The second-order valence-corrected chi connectivity index (χ2v) is 4.58. The Bertz CT molecular complexity index is 391. The fourth-order valence-corrected chi connectivity index (χ4v) is 2.34. The zero-order chi connectivity index (χ0) is 11.9. The highest BCUT2D eigenvalue weighted by Gasteiger charge is 2.17. The summed E-state index contributed by atoms with van der Waals surface area (Å²) in [6.07, 6.45) is 8.33. The van der Waals surface area contributed by atoms with Gasteiger partial charge in [-0.2, -0.15) is 5.10 Å². The Hall–Kier alpha value is -1.27. The van der Waals surface area contributed by atoms with E-state index in [-0.39, 0.29) is 0 Å². The maximum Gasteiger partial charge on any atom is 0.0762 e. The maximum atomic E-state index is 4.63. The van der Waals surface area contributed by atoms with E-state index in [0.717, 1.165) is 25.2 Å². The van der Waals surface area contributed by atoms with Crippen LogP contribution in [-0.4, -0.2) is 16.3 Å². The fourth-order valence-electron chi connectivity index (χ4n) is 2.34. The van der Waals surface area contributed by atoms with Crippen molar-refractivity contribution in [2.45, 2.75) is 51.6 Å². The summed E-state index contributed by atoms with van der Waals surface area (Å²) in [5.74, 6) is 5.94. The molecule has 1 fully saturated rings. The number of aromatic nitrogens is 2. The molecule has 2 rings (SSSR count). The molecule has 0 atom stereocenters. The van der Waals surface area contributed by atoms with E-state index < -0.39 is 0 Å². The summed E-state index contributed by atoms with van der Waals surface area (Å²) in [6, 6.07) is 2.77. The van der Waals surface area contributed by atoms with Gasteiger partial charge in [-0.3, -0.25) is 4.68 Å². The maximum absolute atomic E-state index is 4.63. The molecule has 0 unspecified atom stereocenters. The van der Waals surface area contributed by atoms with Crippen molar-refractivity contribution in [1.29, 1.82) is 0 Å². The lowest BCUT2D eigenvalue weighted by Crippen LogP contribution is -2.15. The molecule has 0 amide bonds. The van der Waals surface area contributed by atoms with Crippen molar-refractivity contribution in [2.75, 3.05) is 6.54 Å². The van der Waals surface area contributed by atoms with Crippen LogP contribution in [0.5, 0.6) is 0 Å². The molecule has 0 bridgehead atoms. The first-order valence-corrected chi connectivity index (χ1v) is 6.54. The zero-order valence-electron chi connectivity index (χ0n) is 10.6. The van der Waals surface area contributed by atoms with Gasteiger partial charge in [0.05, 0.1) is 11.7 Å². The molecule has 1 heterocycles. The third kappa shape index (κ3) is 3.61. The molecule has 17 heavy (non-hydrogen) atoms. The molecule has 0 saturated heterocycles. The quantitative estimate of drug-likeness (QED) is 0.623. The van der Waals surface area contributed by atoms with Crippen molar-refractivity contribution in [3.63, 3.8) is 0 Å². The number of nitrogens with one attached hydrogen (secondary N) is 1. The second-order valence-electron chi connectivity index (χ2n) is 4.58. The van der Waals surface area contributed by atoms with Gasteiger partial charge in [-0.25, -0.2) is 0 Å². The SMILES string of the molecule is CC#CCCNCc1ccn(C2CCCC2)n1. The molecule has 1 aromatic heterocycles. The molecule has 0 aliphatic heterocycles. The van der Waals surface area contributed by atoms with Crippen LogP contribution >= 0.6 is 0 Å². The van der Waals surface area contributed by atoms with Gasteiger partial charge in [0.25, 0.3) is 0 Å². The first-order chi connectivity index (χ1) is 8.40. The highest BCUT2D eigenvalue weighted by molar-refractivity contribution is 5.00. The second kappa shape index (κ2) is 6.46. The Morgan fingerprint density at radius 3 is 3.06 bits per heavy atom. The van der Waals surface area contributed by atoms with Gasteiger partial charge >= 0.3 is 0 Å². The molecule has 1 N–H and O–H groups in total. The van der Waals surface area contributed by atoms with Gasteiger partial charge in [0.15, 0.2) is 0 Å². The van der Waals surface area contributed by atoms with Crippen molar-refractivity contribution in [1.82, 2.24) is 15.1 Å². The van der Waals surface area contributed by atoms with Crippen LogP contribution in [0.15, 0.2) is 12.3 Å². The monoisotopic (exact) mass is 231 g/mol. The van der Waals surface area contributed by atoms with Crippen molar-refractivity contribution in [2.24, 2.45) is 0 Å². The number of hydrogen-bond donors (Lipinski definition) is 1. The molecule has 1 aromatic rings. The topological polar surface area (TPSA) is 29.9 Å². The largest absolute Gasteiger partial charge is 0.310 e. The lowest BCUT2D eigenvalue weighted by atomic mass is 10.3. The van der Waals surface area contributed by atoms with E-state index >= 15 is 0 Å². The minimum Gasteiger partial charge on any atom is -0.310 e. The molecule has 3 nitrogen and oxygen atoms in total. The van der Waals surface area contributed by atoms with Gasteiger partial charge in [0.2, 0.25) is 0 Å². The van der Waals surface area contributed by atoms with E-state index in [1.54, 1.807) is 0 Å². The molecule has 0 aromatic carbocycles. The van der Waals surface area contributed by atoms with Crippen LogP contribution in [0, 0.1) is 11.8 Å². The summed E-state index contributed by atoms with van der Waals surface area (Å²) in [4.78, 5) is 0. The van der Waals surface area contributed by atoms with Crippen LogP contribution < -0.4 is 5.32 Å². The lowest BCUT2D eigenvalue weighted by Gasteiger charge is -2.08. The molecule has 92 valence electrons. The summed E-state index contributed by atoms with van der Waals surface area (Å²) in [5.41, 5.74) is 1.14. The van der Waals surface area contributed by atoms with Gasteiger partial charge < -0.3 is 5.32 Å². The van der Waals surface area contributed by atoms with Crippen LogP contribution in [-0.2, 0) is 6.54 Å². The number of rotatable bonds is 5. The van der Waals surface area contributed by atoms with Crippen molar-refractivity contribution in [3.05, 3.63) is 18.0 Å². The van der Waals surface area contributed by atoms with Gasteiger partial charge in [0, 0.05) is 25.7 Å². The molecule has 1 saturated carbocycles. The Kier molecular flexibility index (Phi) is 4.63. The average Bonchev–Trinajstić information content (AvgIpc) is 2.99. The van der Waals surface area contributed by atoms with Crippen LogP contribution in [0.25, 0.3) is 0 Å². The molecule has 3 heteroatoms. The number of nitrogens with zero attached hydrogens (tertiary/aromatic N) is 2. The van der Waals surface area contributed by atoms with E-state index in [2.05, 4.69) is 39.2 Å². The van der Waals surface area contributed by atoms with Crippen LogP contribution in [0.1, 0.15) is 50.8 Å². The van der Waals surface area contributed by atoms with Crippen molar-refractivity contribution < 1.29 is 0 Å². The molecule has 0 radical (unpaired) electrons. The minimum absolute atomic E-state index is 0.648. The molecular weight excluding hydrogens is 210 g/mol. The van der Waals surface area contributed by atoms with Crippen LogP contribution in [0.3, 0.4) is 0 Å². The first kappa shape index (κ1) is 12.2. The van der Waals surface area contributed by atoms with Crippen LogP contribution in [0.2, 0.25) is 0 Å². The average molecular weight is 231 g/mol. The smallest absolute Gasteiger partial charge is 0.0762 e. The van der Waals surface area contributed by atoms with Gasteiger partial charge in [-0.05, 0) is 25.8 Å². The predicted octanol–water partition coefficient (Wildman–Crippen LogP) is 2.50. The summed E-state index contributed by atoms with van der Waals surface area (Å²) < 4.78 is 2.15. The molecule has 1 aliphatic rings. The van der Waals surface area contributed by atoms with E-state index in [9.17, 15) is 0 Å². The minimum atomic E-state index is 0.648. The molecular formula is C14H21N3. The van der Waals surface area contributed by atoms with Crippen LogP contribution in [0.4, 0.5) is 0 Å². The summed E-state index contributed by atoms with van der Waals surface area (Å²) in [7, 11) is 0. The summed E-state index contributed by atoms with van der Waals surface area (Å²) in [6.45, 7) is 3.67. The van der Waals surface area contributed by atoms with Gasteiger partial charge in [-0.1, -0.05) is 12.8 Å². The first-order valence-electron chi connectivity index (χ1n) is 6.54. The normalized spacial score (nSPS) is 15.8. The van der Waals surface area contributed by atoms with E-state index in [4.69, 9.17) is 0 Å². The van der Waals surface area contributed by atoms with E-state index in [1.807, 2.05) is 6.92 Å².